The van der Waals surface area contributed by atoms with Crippen LogP contribution >= 0.6 is 12.2 Å². The molecule has 0 aliphatic rings. The van der Waals surface area contributed by atoms with Gasteiger partial charge in [0.05, 0.1) is 6.61 Å². The minimum atomic E-state index is 0.515. The van der Waals surface area contributed by atoms with E-state index in [-0.39, 0.29) is 0 Å². The molecule has 0 unspecified atom stereocenters. The summed E-state index contributed by atoms with van der Waals surface area (Å²) in [5, 5.41) is 0.592. The van der Waals surface area contributed by atoms with Gasteiger partial charge in [-0.1, -0.05) is 44.2 Å². The van der Waals surface area contributed by atoms with E-state index in [1.54, 1.807) is 0 Å². The molecule has 0 spiro atoms. The molecule has 1 rings (SSSR count). The summed E-state index contributed by atoms with van der Waals surface area (Å²) < 4.78 is 5.42. The number of rotatable bonds is 3. The zero-order chi connectivity index (χ0) is 9.68. The van der Waals surface area contributed by atoms with E-state index in [4.69, 9.17) is 17.0 Å². The van der Waals surface area contributed by atoms with Gasteiger partial charge >= 0.3 is 0 Å². The van der Waals surface area contributed by atoms with Crippen molar-refractivity contribution >= 4 is 17.3 Å². The van der Waals surface area contributed by atoms with Gasteiger partial charge in [-0.3, -0.25) is 0 Å². The van der Waals surface area contributed by atoms with Crippen molar-refractivity contribution in [3.63, 3.8) is 0 Å². The molecule has 0 fully saturated rings. The SMILES string of the molecule is CC(C)COC(=S)c1ccccc1. The second kappa shape index (κ2) is 4.97. The fourth-order valence-corrected chi connectivity index (χ4v) is 1.10. The zero-order valence-corrected chi connectivity index (χ0v) is 8.80. The molecule has 0 saturated heterocycles. The topological polar surface area (TPSA) is 9.23 Å². The largest absolute Gasteiger partial charge is 0.483 e. The van der Waals surface area contributed by atoms with Gasteiger partial charge in [-0.2, -0.15) is 0 Å². The Morgan fingerprint density at radius 3 is 2.46 bits per heavy atom. The highest BCUT2D eigenvalue weighted by Gasteiger charge is 2.01. The predicted octanol–water partition coefficient (Wildman–Crippen LogP) is 3.03. The molecule has 13 heavy (non-hydrogen) atoms. The molecule has 0 N–H and O–H groups in total. The highest BCUT2D eigenvalue weighted by molar-refractivity contribution is 7.80. The maximum Gasteiger partial charge on any atom is 0.191 e. The molecule has 0 atom stereocenters. The van der Waals surface area contributed by atoms with E-state index in [1.165, 1.54) is 0 Å². The Morgan fingerprint density at radius 1 is 1.31 bits per heavy atom. The molecule has 2 heteroatoms. The average molecular weight is 194 g/mol. The molecule has 0 saturated carbocycles. The molecule has 0 aromatic heterocycles. The summed E-state index contributed by atoms with van der Waals surface area (Å²) in [6, 6.07) is 9.81. The number of thiocarbonyl (C=S) groups is 1. The fraction of sp³-hybridized carbons (Fsp3) is 0.364. The Morgan fingerprint density at radius 2 is 1.92 bits per heavy atom. The Balaban J connectivity index is 2.50. The first kappa shape index (κ1) is 10.2. The molecule has 70 valence electrons. The molecular weight excluding hydrogens is 180 g/mol. The van der Waals surface area contributed by atoms with Crippen molar-refractivity contribution in [3.05, 3.63) is 35.9 Å². The summed E-state index contributed by atoms with van der Waals surface area (Å²) in [5.74, 6) is 0.515. The highest BCUT2D eigenvalue weighted by Crippen LogP contribution is 2.04. The lowest BCUT2D eigenvalue weighted by atomic mass is 10.2. The standard InChI is InChI=1S/C11H14OS/c1-9(2)8-12-11(13)10-6-4-3-5-7-10/h3-7,9H,8H2,1-2H3. The monoisotopic (exact) mass is 194 g/mol. The smallest absolute Gasteiger partial charge is 0.191 e. The Hall–Kier alpha value is -0.890. The lowest BCUT2D eigenvalue weighted by Gasteiger charge is -2.09. The third kappa shape index (κ3) is 3.55. The molecule has 1 aromatic rings. The predicted molar refractivity (Wildman–Crippen MR) is 58.9 cm³/mol. The maximum absolute atomic E-state index is 5.42. The number of hydrogen-bond acceptors (Lipinski definition) is 2. The van der Waals surface area contributed by atoms with Crippen LogP contribution in [0.3, 0.4) is 0 Å². The maximum atomic E-state index is 5.42. The molecule has 1 aromatic carbocycles. The van der Waals surface area contributed by atoms with Crippen LogP contribution < -0.4 is 0 Å². The van der Waals surface area contributed by atoms with E-state index in [0.717, 1.165) is 5.56 Å². The van der Waals surface area contributed by atoms with Crippen LogP contribution in [-0.4, -0.2) is 11.7 Å². The first-order valence-electron chi connectivity index (χ1n) is 4.42. The van der Waals surface area contributed by atoms with Crippen LogP contribution in [-0.2, 0) is 4.74 Å². The van der Waals surface area contributed by atoms with Crippen LogP contribution in [0.2, 0.25) is 0 Å². The van der Waals surface area contributed by atoms with E-state index in [0.29, 0.717) is 17.6 Å². The Bertz CT molecular complexity index is 267. The quantitative estimate of drug-likeness (QED) is 0.684. The Kier molecular flexibility index (Phi) is 3.90. The second-order valence-electron chi connectivity index (χ2n) is 3.36. The summed E-state index contributed by atoms with van der Waals surface area (Å²) >= 11 is 5.12. The first-order chi connectivity index (χ1) is 6.20. The van der Waals surface area contributed by atoms with Gasteiger partial charge in [0.25, 0.3) is 0 Å². The van der Waals surface area contributed by atoms with Crippen molar-refractivity contribution in [2.75, 3.05) is 6.61 Å². The summed E-state index contributed by atoms with van der Waals surface area (Å²) in [5.41, 5.74) is 0.984. The zero-order valence-electron chi connectivity index (χ0n) is 7.99. The molecular formula is C11H14OS. The normalized spacial score (nSPS) is 10.1. The van der Waals surface area contributed by atoms with Crippen molar-refractivity contribution in [3.8, 4) is 0 Å². The van der Waals surface area contributed by atoms with Gasteiger partial charge in [-0.05, 0) is 18.1 Å². The lowest BCUT2D eigenvalue weighted by Crippen LogP contribution is -2.08. The van der Waals surface area contributed by atoms with E-state index in [2.05, 4.69) is 13.8 Å². The van der Waals surface area contributed by atoms with Crippen molar-refractivity contribution in [1.29, 1.82) is 0 Å². The van der Waals surface area contributed by atoms with Gasteiger partial charge in [0.2, 0.25) is 0 Å². The van der Waals surface area contributed by atoms with Crippen molar-refractivity contribution in [2.24, 2.45) is 5.92 Å². The van der Waals surface area contributed by atoms with E-state index in [9.17, 15) is 0 Å². The van der Waals surface area contributed by atoms with Crippen LogP contribution in [0.25, 0.3) is 0 Å². The van der Waals surface area contributed by atoms with E-state index in [1.807, 2.05) is 30.3 Å². The molecule has 0 radical (unpaired) electrons. The molecule has 0 aliphatic carbocycles. The summed E-state index contributed by atoms with van der Waals surface area (Å²) in [4.78, 5) is 0. The molecule has 0 bridgehead atoms. The molecule has 0 amide bonds. The van der Waals surface area contributed by atoms with Crippen molar-refractivity contribution in [1.82, 2.24) is 0 Å². The van der Waals surface area contributed by atoms with E-state index < -0.39 is 0 Å². The van der Waals surface area contributed by atoms with E-state index >= 15 is 0 Å². The third-order valence-electron chi connectivity index (χ3n) is 1.56. The van der Waals surface area contributed by atoms with Crippen LogP contribution in [0.5, 0.6) is 0 Å². The summed E-state index contributed by atoms with van der Waals surface area (Å²) in [6.45, 7) is 4.90. The van der Waals surface area contributed by atoms with Gasteiger partial charge in [-0.15, -0.1) is 0 Å². The minimum Gasteiger partial charge on any atom is -0.483 e. The molecule has 0 heterocycles. The van der Waals surface area contributed by atoms with Gasteiger partial charge in [0.1, 0.15) is 0 Å². The summed E-state index contributed by atoms with van der Waals surface area (Å²) in [6.07, 6.45) is 0. The van der Waals surface area contributed by atoms with Crippen LogP contribution in [0.1, 0.15) is 19.4 Å². The van der Waals surface area contributed by atoms with Crippen molar-refractivity contribution < 1.29 is 4.74 Å². The minimum absolute atomic E-state index is 0.515. The molecule has 1 nitrogen and oxygen atoms in total. The summed E-state index contributed by atoms with van der Waals surface area (Å²) in [7, 11) is 0. The van der Waals surface area contributed by atoms with Crippen molar-refractivity contribution in [2.45, 2.75) is 13.8 Å². The van der Waals surface area contributed by atoms with Gasteiger partial charge in [0, 0.05) is 5.56 Å². The number of benzene rings is 1. The molecule has 0 aliphatic heterocycles. The average Bonchev–Trinajstić information content (AvgIpc) is 2.15. The van der Waals surface area contributed by atoms with Crippen LogP contribution in [0.15, 0.2) is 30.3 Å². The second-order valence-corrected chi connectivity index (χ2v) is 3.73. The van der Waals surface area contributed by atoms with Gasteiger partial charge in [-0.25, -0.2) is 0 Å². The van der Waals surface area contributed by atoms with Gasteiger partial charge < -0.3 is 4.74 Å². The Labute approximate surface area is 84.7 Å². The number of ether oxygens (including phenoxy) is 1. The fourth-order valence-electron chi connectivity index (χ4n) is 0.900. The van der Waals surface area contributed by atoms with Crippen LogP contribution in [0.4, 0.5) is 0 Å². The number of hydrogen-bond donors (Lipinski definition) is 0. The lowest BCUT2D eigenvalue weighted by molar-refractivity contribution is 0.266. The highest BCUT2D eigenvalue weighted by atomic mass is 32.1. The third-order valence-corrected chi connectivity index (χ3v) is 1.91. The first-order valence-corrected chi connectivity index (χ1v) is 4.83. The van der Waals surface area contributed by atoms with Gasteiger partial charge in [0.15, 0.2) is 5.05 Å². The van der Waals surface area contributed by atoms with Crippen LogP contribution in [0, 0.1) is 5.92 Å².